The summed E-state index contributed by atoms with van der Waals surface area (Å²) in [6.07, 6.45) is 1.55. The normalized spacial score (nSPS) is 12.9. The predicted octanol–water partition coefficient (Wildman–Crippen LogP) is 3.62. The maximum atomic E-state index is 14.4. The summed E-state index contributed by atoms with van der Waals surface area (Å²) in [5, 5.41) is 0. The molecule has 1 aromatic rings. The highest BCUT2D eigenvalue weighted by atomic mass is 19.3. The highest BCUT2D eigenvalue weighted by molar-refractivity contribution is 5.20. The van der Waals surface area contributed by atoms with Crippen LogP contribution in [0.4, 0.5) is 8.78 Å². The van der Waals surface area contributed by atoms with Crippen LogP contribution < -0.4 is 5.73 Å². The first-order chi connectivity index (χ1) is 9.45. The highest BCUT2D eigenvalue weighted by Crippen LogP contribution is 2.33. The Bertz CT molecular complexity index is 380. The first-order valence-corrected chi connectivity index (χ1v) is 7.34. The fourth-order valence-electron chi connectivity index (χ4n) is 2.74. The van der Waals surface area contributed by atoms with Gasteiger partial charge in [-0.3, -0.25) is 4.90 Å². The number of likely N-dealkylation sites (N-methyl/N-ethyl adjacent to an activating group) is 1. The molecule has 0 amide bonds. The molecule has 0 atom stereocenters. The van der Waals surface area contributed by atoms with Crippen LogP contribution in [0.2, 0.25) is 0 Å². The molecule has 2 nitrogen and oxygen atoms in total. The largest absolute Gasteiger partial charge is 0.329 e. The van der Waals surface area contributed by atoms with Crippen LogP contribution in [0, 0.1) is 0 Å². The van der Waals surface area contributed by atoms with Crippen molar-refractivity contribution in [3.05, 3.63) is 35.9 Å². The molecule has 20 heavy (non-hydrogen) atoms. The molecule has 2 N–H and O–H groups in total. The first kappa shape index (κ1) is 17.1. The third-order valence-corrected chi connectivity index (χ3v) is 4.33. The Labute approximate surface area is 121 Å². The monoisotopic (exact) mass is 284 g/mol. The van der Waals surface area contributed by atoms with Crippen molar-refractivity contribution in [3.8, 4) is 0 Å². The van der Waals surface area contributed by atoms with Gasteiger partial charge in [-0.25, -0.2) is 0 Å². The minimum atomic E-state index is -2.86. The molecule has 0 heterocycles. The summed E-state index contributed by atoms with van der Waals surface area (Å²) in [5.74, 6) is -2.86. The SMILES string of the molecule is CCN(CC(F)(F)c1ccccc1)C(CC)(CC)CN. The minimum absolute atomic E-state index is 0.0663. The van der Waals surface area contributed by atoms with E-state index < -0.39 is 5.92 Å². The zero-order valence-electron chi connectivity index (χ0n) is 12.7. The molecule has 0 radical (unpaired) electrons. The molecule has 0 fully saturated rings. The molecule has 114 valence electrons. The van der Waals surface area contributed by atoms with Gasteiger partial charge < -0.3 is 5.73 Å². The van der Waals surface area contributed by atoms with E-state index in [1.165, 1.54) is 12.1 Å². The van der Waals surface area contributed by atoms with Crippen LogP contribution in [-0.2, 0) is 5.92 Å². The highest BCUT2D eigenvalue weighted by Gasteiger charge is 2.40. The van der Waals surface area contributed by atoms with E-state index in [1.807, 2.05) is 25.7 Å². The zero-order chi connectivity index (χ0) is 15.2. The Kier molecular flexibility index (Phi) is 6.08. The number of hydrogen-bond donors (Lipinski definition) is 1. The second kappa shape index (κ2) is 7.14. The topological polar surface area (TPSA) is 29.3 Å². The maximum absolute atomic E-state index is 14.4. The van der Waals surface area contributed by atoms with Gasteiger partial charge in [-0.05, 0) is 19.4 Å². The second-order valence-electron chi connectivity index (χ2n) is 5.22. The summed E-state index contributed by atoms with van der Waals surface area (Å²) in [6.45, 7) is 6.63. The van der Waals surface area contributed by atoms with Crippen molar-refractivity contribution in [2.24, 2.45) is 5.73 Å². The smallest absolute Gasteiger partial charge is 0.285 e. The number of rotatable bonds is 8. The fraction of sp³-hybridized carbons (Fsp3) is 0.625. The number of alkyl halides is 2. The lowest BCUT2D eigenvalue weighted by atomic mass is 9.89. The van der Waals surface area contributed by atoms with Gasteiger partial charge in [0.25, 0.3) is 5.92 Å². The summed E-state index contributed by atoms with van der Waals surface area (Å²) in [5.41, 5.74) is 5.60. The second-order valence-corrected chi connectivity index (χ2v) is 5.22. The van der Waals surface area contributed by atoms with Crippen LogP contribution in [0.5, 0.6) is 0 Å². The van der Waals surface area contributed by atoms with Crippen molar-refractivity contribution in [1.82, 2.24) is 4.90 Å². The van der Waals surface area contributed by atoms with Crippen LogP contribution in [0.1, 0.15) is 39.2 Å². The summed E-state index contributed by atoms with van der Waals surface area (Å²) in [6, 6.07) is 8.01. The van der Waals surface area contributed by atoms with Crippen molar-refractivity contribution < 1.29 is 8.78 Å². The molecular formula is C16H26F2N2. The Morgan fingerprint density at radius 3 is 2.00 bits per heavy atom. The van der Waals surface area contributed by atoms with Crippen molar-refractivity contribution >= 4 is 0 Å². The third-order valence-electron chi connectivity index (χ3n) is 4.33. The summed E-state index contributed by atoms with van der Waals surface area (Å²) >= 11 is 0. The number of nitrogens with zero attached hydrogens (tertiary/aromatic N) is 1. The first-order valence-electron chi connectivity index (χ1n) is 7.34. The van der Waals surface area contributed by atoms with E-state index in [0.29, 0.717) is 13.1 Å². The van der Waals surface area contributed by atoms with Crippen molar-refractivity contribution in [3.63, 3.8) is 0 Å². The molecule has 0 spiro atoms. The van der Waals surface area contributed by atoms with E-state index in [-0.39, 0.29) is 17.6 Å². The Morgan fingerprint density at radius 1 is 1.05 bits per heavy atom. The lowest BCUT2D eigenvalue weighted by Gasteiger charge is -2.43. The molecule has 0 aliphatic carbocycles. The summed E-state index contributed by atoms with van der Waals surface area (Å²) in [7, 11) is 0. The number of halogens is 2. The average molecular weight is 284 g/mol. The van der Waals surface area contributed by atoms with Crippen molar-refractivity contribution in [2.45, 2.75) is 45.1 Å². The minimum Gasteiger partial charge on any atom is -0.329 e. The van der Waals surface area contributed by atoms with E-state index in [0.717, 1.165) is 12.8 Å². The Balaban J connectivity index is 2.98. The molecule has 0 aliphatic rings. The van der Waals surface area contributed by atoms with Crippen LogP contribution >= 0.6 is 0 Å². The van der Waals surface area contributed by atoms with Gasteiger partial charge in [-0.2, -0.15) is 8.78 Å². The van der Waals surface area contributed by atoms with Gasteiger partial charge in [-0.15, -0.1) is 0 Å². The van der Waals surface area contributed by atoms with Crippen LogP contribution in [0.15, 0.2) is 30.3 Å². The zero-order valence-corrected chi connectivity index (χ0v) is 12.7. The van der Waals surface area contributed by atoms with Crippen LogP contribution in [0.3, 0.4) is 0 Å². The summed E-state index contributed by atoms with van der Waals surface area (Å²) < 4.78 is 28.9. The number of nitrogens with two attached hydrogens (primary N) is 1. The van der Waals surface area contributed by atoms with E-state index in [4.69, 9.17) is 5.73 Å². The molecule has 1 rings (SSSR count). The molecular weight excluding hydrogens is 258 g/mol. The van der Waals surface area contributed by atoms with E-state index in [1.54, 1.807) is 18.2 Å². The Hall–Kier alpha value is -1.00. The average Bonchev–Trinajstić information content (AvgIpc) is 2.49. The van der Waals surface area contributed by atoms with Crippen LogP contribution in [0.25, 0.3) is 0 Å². The van der Waals surface area contributed by atoms with Gasteiger partial charge in [0.15, 0.2) is 0 Å². The molecule has 0 bridgehead atoms. The lowest BCUT2D eigenvalue weighted by molar-refractivity contribution is -0.0671. The Morgan fingerprint density at radius 2 is 1.60 bits per heavy atom. The quantitative estimate of drug-likeness (QED) is 0.790. The van der Waals surface area contributed by atoms with E-state index in [2.05, 4.69) is 0 Å². The van der Waals surface area contributed by atoms with Crippen molar-refractivity contribution in [2.75, 3.05) is 19.6 Å². The van der Waals surface area contributed by atoms with Crippen LogP contribution in [-0.4, -0.2) is 30.1 Å². The van der Waals surface area contributed by atoms with Crippen molar-refractivity contribution in [1.29, 1.82) is 0 Å². The maximum Gasteiger partial charge on any atom is 0.285 e. The van der Waals surface area contributed by atoms with Gasteiger partial charge in [0, 0.05) is 17.6 Å². The van der Waals surface area contributed by atoms with Gasteiger partial charge in [-0.1, -0.05) is 51.1 Å². The predicted molar refractivity (Wildman–Crippen MR) is 80.0 cm³/mol. The fourth-order valence-corrected chi connectivity index (χ4v) is 2.74. The van der Waals surface area contributed by atoms with Gasteiger partial charge in [0.2, 0.25) is 0 Å². The summed E-state index contributed by atoms with van der Waals surface area (Å²) in [4.78, 5) is 1.83. The number of benzene rings is 1. The molecule has 4 heteroatoms. The number of hydrogen-bond acceptors (Lipinski definition) is 2. The molecule has 0 aromatic heterocycles. The van der Waals surface area contributed by atoms with Gasteiger partial charge >= 0.3 is 0 Å². The molecule has 0 saturated carbocycles. The van der Waals surface area contributed by atoms with Gasteiger partial charge in [0.1, 0.15) is 0 Å². The van der Waals surface area contributed by atoms with Gasteiger partial charge in [0.05, 0.1) is 6.54 Å². The molecule has 0 aliphatic heterocycles. The molecule has 1 aromatic carbocycles. The lowest BCUT2D eigenvalue weighted by Crippen LogP contribution is -2.55. The van der Waals surface area contributed by atoms with E-state index in [9.17, 15) is 8.78 Å². The molecule has 0 saturated heterocycles. The standard InChI is InChI=1S/C16H26F2N2/c1-4-15(5-2,12-19)20(6-3)13-16(17,18)14-10-8-7-9-11-14/h7-11H,4-6,12-13,19H2,1-3H3. The van der Waals surface area contributed by atoms with E-state index >= 15 is 0 Å². The molecule has 0 unspecified atom stereocenters. The third kappa shape index (κ3) is 3.55.